The van der Waals surface area contributed by atoms with Gasteiger partial charge in [0.2, 0.25) is 0 Å². The van der Waals surface area contributed by atoms with Crippen molar-refractivity contribution in [3.05, 3.63) is 41.2 Å². The molecule has 0 aliphatic heterocycles. The van der Waals surface area contributed by atoms with Crippen LogP contribution in [0.2, 0.25) is 0 Å². The molecule has 0 aromatic heterocycles. The molecule has 0 atom stereocenters. The number of halogens is 3. The Morgan fingerprint density at radius 3 is 2.64 bits per heavy atom. The number of hydrogen-bond donors (Lipinski definition) is 1. The fourth-order valence-corrected chi connectivity index (χ4v) is 1.02. The first-order valence-corrected chi connectivity index (χ1v) is 4.09. The van der Waals surface area contributed by atoms with E-state index in [2.05, 4.69) is 0 Å². The summed E-state index contributed by atoms with van der Waals surface area (Å²) in [6.45, 7) is 0.248. The predicted octanol–water partition coefficient (Wildman–Crippen LogP) is 2.74. The lowest BCUT2D eigenvalue weighted by Crippen LogP contribution is -1.93. The molecule has 0 unspecified atom stereocenters. The van der Waals surface area contributed by atoms with Crippen molar-refractivity contribution in [2.24, 2.45) is 5.73 Å². The Hall–Kier alpha value is -1.29. The largest absolute Gasteiger partial charge is 0.327 e. The molecule has 0 aliphatic rings. The lowest BCUT2D eigenvalue weighted by Gasteiger charge is -2.02. The van der Waals surface area contributed by atoms with Crippen LogP contribution in [0.3, 0.4) is 0 Å². The Morgan fingerprint density at radius 2 is 2.07 bits per heavy atom. The van der Waals surface area contributed by atoms with Gasteiger partial charge in [0, 0.05) is 17.7 Å². The summed E-state index contributed by atoms with van der Waals surface area (Å²) < 4.78 is 37.5. The highest BCUT2D eigenvalue weighted by atomic mass is 19.3. The van der Waals surface area contributed by atoms with E-state index in [0.29, 0.717) is 0 Å². The van der Waals surface area contributed by atoms with Gasteiger partial charge in [0.05, 0.1) is 0 Å². The van der Waals surface area contributed by atoms with Crippen LogP contribution in [0.25, 0.3) is 6.08 Å². The van der Waals surface area contributed by atoms with Gasteiger partial charge in [-0.3, -0.25) is 0 Å². The number of rotatable bonds is 3. The summed E-state index contributed by atoms with van der Waals surface area (Å²) in [5.74, 6) is -0.529. The van der Waals surface area contributed by atoms with Crippen LogP contribution in [0, 0.1) is 5.82 Å². The van der Waals surface area contributed by atoms with Gasteiger partial charge >= 0.3 is 0 Å². The van der Waals surface area contributed by atoms with Crippen LogP contribution in [0.1, 0.15) is 17.6 Å². The molecule has 4 heteroatoms. The molecule has 0 saturated heterocycles. The molecule has 76 valence electrons. The minimum atomic E-state index is -2.58. The average Bonchev–Trinajstić information content (AvgIpc) is 2.16. The van der Waals surface area contributed by atoms with E-state index in [1.807, 2.05) is 0 Å². The van der Waals surface area contributed by atoms with E-state index >= 15 is 0 Å². The number of hydrogen-bond acceptors (Lipinski definition) is 1. The molecule has 1 nitrogen and oxygen atoms in total. The van der Waals surface area contributed by atoms with E-state index in [9.17, 15) is 13.2 Å². The smallest absolute Gasteiger partial charge is 0.263 e. The number of benzene rings is 1. The standard InChI is InChI=1S/C10H10F3N/c11-9-4-3-8(10(12)13)6-7(9)2-1-5-14/h1-4,6,10H,5,14H2/b2-1+. The van der Waals surface area contributed by atoms with Crippen molar-refractivity contribution in [1.29, 1.82) is 0 Å². The summed E-state index contributed by atoms with van der Waals surface area (Å²) >= 11 is 0. The zero-order valence-electron chi connectivity index (χ0n) is 7.38. The molecular formula is C10H10F3N. The van der Waals surface area contributed by atoms with Gasteiger partial charge in [-0.15, -0.1) is 0 Å². The topological polar surface area (TPSA) is 26.0 Å². The first kappa shape index (κ1) is 10.8. The minimum Gasteiger partial charge on any atom is -0.327 e. The van der Waals surface area contributed by atoms with Crippen LogP contribution in [-0.4, -0.2) is 6.54 Å². The quantitative estimate of drug-likeness (QED) is 0.799. The van der Waals surface area contributed by atoms with Gasteiger partial charge in [-0.2, -0.15) is 0 Å². The molecule has 0 saturated carbocycles. The molecule has 14 heavy (non-hydrogen) atoms. The molecule has 1 aromatic carbocycles. The molecular weight excluding hydrogens is 191 g/mol. The van der Waals surface area contributed by atoms with Gasteiger partial charge in [0.25, 0.3) is 6.43 Å². The van der Waals surface area contributed by atoms with Gasteiger partial charge in [-0.1, -0.05) is 18.2 Å². The Bertz CT molecular complexity index is 334. The van der Waals surface area contributed by atoms with E-state index in [1.165, 1.54) is 12.2 Å². The second kappa shape index (κ2) is 4.81. The molecule has 0 radical (unpaired) electrons. The molecule has 0 fully saturated rings. The van der Waals surface area contributed by atoms with Gasteiger partial charge < -0.3 is 5.73 Å². The third kappa shape index (κ3) is 2.60. The second-order valence-corrected chi connectivity index (χ2v) is 2.72. The maximum Gasteiger partial charge on any atom is 0.263 e. The van der Waals surface area contributed by atoms with Gasteiger partial charge in [0.1, 0.15) is 5.82 Å². The highest BCUT2D eigenvalue weighted by Crippen LogP contribution is 2.21. The first-order valence-electron chi connectivity index (χ1n) is 4.09. The lowest BCUT2D eigenvalue weighted by atomic mass is 10.1. The van der Waals surface area contributed by atoms with E-state index < -0.39 is 12.2 Å². The predicted molar refractivity (Wildman–Crippen MR) is 49.4 cm³/mol. The van der Waals surface area contributed by atoms with E-state index in [-0.39, 0.29) is 17.7 Å². The van der Waals surface area contributed by atoms with Crippen LogP contribution in [0.5, 0.6) is 0 Å². The van der Waals surface area contributed by atoms with Crippen molar-refractivity contribution >= 4 is 6.08 Å². The molecule has 0 bridgehead atoms. The third-order valence-electron chi connectivity index (χ3n) is 1.71. The Morgan fingerprint density at radius 1 is 1.36 bits per heavy atom. The zero-order chi connectivity index (χ0) is 10.6. The van der Waals surface area contributed by atoms with Crippen molar-refractivity contribution in [3.8, 4) is 0 Å². The highest BCUT2D eigenvalue weighted by Gasteiger charge is 2.08. The number of nitrogens with two attached hydrogens (primary N) is 1. The van der Waals surface area contributed by atoms with Crippen LogP contribution < -0.4 is 5.73 Å². The maximum atomic E-state index is 13.0. The minimum absolute atomic E-state index is 0.133. The molecule has 1 aromatic rings. The molecule has 0 spiro atoms. The van der Waals surface area contributed by atoms with Crippen molar-refractivity contribution in [2.45, 2.75) is 6.43 Å². The highest BCUT2D eigenvalue weighted by molar-refractivity contribution is 5.51. The molecule has 1 rings (SSSR count). The molecule has 2 N–H and O–H groups in total. The van der Waals surface area contributed by atoms with Gasteiger partial charge in [-0.25, -0.2) is 13.2 Å². The molecule has 0 heterocycles. The third-order valence-corrected chi connectivity index (χ3v) is 1.71. The summed E-state index contributed by atoms with van der Waals surface area (Å²) in [5.41, 5.74) is 5.11. The monoisotopic (exact) mass is 201 g/mol. The molecule has 0 amide bonds. The van der Waals surface area contributed by atoms with Crippen LogP contribution in [0.4, 0.5) is 13.2 Å². The Labute approximate surface area is 80.0 Å². The summed E-state index contributed by atoms with van der Waals surface area (Å²) in [5, 5.41) is 0. The summed E-state index contributed by atoms with van der Waals surface area (Å²) in [4.78, 5) is 0. The van der Waals surface area contributed by atoms with Crippen molar-refractivity contribution < 1.29 is 13.2 Å². The Balaban J connectivity index is 3.02. The fourth-order valence-electron chi connectivity index (χ4n) is 1.02. The maximum absolute atomic E-state index is 13.0. The second-order valence-electron chi connectivity index (χ2n) is 2.72. The number of alkyl halides is 2. The molecule has 0 aliphatic carbocycles. The normalized spacial score (nSPS) is 11.5. The van der Waals surface area contributed by atoms with Crippen molar-refractivity contribution in [2.75, 3.05) is 6.54 Å². The van der Waals surface area contributed by atoms with Crippen molar-refractivity contribution in [1.82, 2.24) is 0 Å². The Kier molecular flexibility index (Phi) is 3.71. The lowest BCUT2D eigenvalue weighted by molar-refractivity contribution is 0.151. The summed E-state index contributed by atoms with van der Waals surface area (Å²) in [7, 11) is 0. The first-order chi connectivity index (χ1) is 6.65. The van der Waals surface area contributed by atoms with Gasteiger partial charge in [-0.05, 0) is 12.1 Å². The SMILES string of the molecule is NC/C=C/c1cc(C(F)F)ccc1F. The zero-order valence-corrected chi connectivity index (χ0v) is 7.38. The van der Waals surface area contributed by atoms with Crippen LogP contribution in [-0.2, 0) is 0 Å². The van der Waals surface area contributed by atoms with E-state index in [4.69, 9.17) is 5.73 Å². The fraction of sp³-hybridized carbons (Fsp3) is 0.200. The summed E-state index contributed by atoms with van der Waals surface area (Å²) in [6, 6.07) is 3.21. The average molecular weight is 201 g/mol. The van der Waals surface area contributed by atoms with Crippen LogP contribution >= 0.6 is 0 Å². The summed E-state index contributed by atoms with van der Waals surface area (Å²) in [6.07, 6.45) is 0.315. The van der Waals surface area contributed by atoms with E-state index in [1.54, 1.807) is 0 Å². The van der Waals surface area contributed by atoms with Crippen LogP contribution in [0.15, 0.2) is 24.3 Å². The van der Waals surface area contributed by atoms with Crippen molar-refractivity contribution in [3.63, 3.8) is 0 Å². The van der Waals surface area contributed by atoms with Gasteiger partial charge in [0.15, 0.2) is 0 Å². The van der Waals surface area contributed by atoms with E-state index in [0.717, 1.165) is 18.2 Å².